The monoisotopic (exact) mass is 297 g/mol. The topological polar surface area (TPSA) is 38.3 Å². The van der Waals surface area contributed by atoms with Crippen LogP contribution >= 0.6 is 0 Å². The Morgan fingerprint density at radius 2 is 2.05 bits per heavy atom. The van der Waals surface area contributed by atoms with Crippen molar-refractivity contribution in [3.8, 4) is 0 Å². The minimum absolute atomic E-state index is 0.255. The van der Waals surface area contributed by atoms with Crippen LogP contribution in [0.15, 0.2) is 41.7 Å². The lowest BCUT2D eigenvalue weighted by Gasteiger charge is -2.48. The summed E-state index contributed by atoms with van der Waals surface area (Å²) in [5.74, 6) is 1.74. The van der Waals surface area contributed by atoms with Crippen LogP contribution in [-0.4, -0.2) is 11.5 Å². The molecule has 1 N–H and O–H groups in total. The van der Waals surface area contributed by atoms with Crippen LogP contribution in [0.4, 0.5) is 0 Å². The third-order valence-electron chi connectivity index (χ3n) is 5.30. The number of ketones is 1. The molecule has 0 aromatic heterocycles. The molecule has 0 unspecified atom stereocenters. The van der Waals surface area contributed by atoms with Gasteiger partial charge in [0.05, 0.1) is 0 Å². The molecule has 1 saturated carbocycles. The molecule has 1 aliphatic heterocycles. The summed E-state index contributed by atoms with van der Waals surface area (Å²) < 4.78 is 6.39. The average molecular weight is 297 g/mol. The van der Waals surface area contributed by atoms with E-state index in [0.717, 1.165) is 56.4 Å². The van der Waals surface area contributed by atoms with Crippen molar-refractivity contribution in [3.05, 3.63) is 47.2 Å². The van der Waals surface area contributed by atoms with Crippen molar-refractivity contribution in [2.45, 2.75) is 57.2 Å². The lowest BCUT2D eigenvalue weighted by atomic mass is 9.73. The van der Waals surface area contributed by atoms with Gasteiger partial charge in [0, 0.05) is 37.8 Å². The molecular formula is C19H23NO2. The van der Waals surface area contributed by atoms with E-state index in [1.54, 1.807) is 0 Å². The Morgan fingerprint density at radius 1 is 1.18 bits per heavy atom. The van der Waals surface area contributed by atoms with E-state index < -0.39 is 0 Å². The summed E-state index contributed by atoms with van der Waals surface area (Å²) in [6.07, 6.45) is 6.86. The van der Waals surface area contributed by atoms with Gasteiger partial charge in [-0.25, -0.2) is 0 Å². The van der Waals surface area contributed by atoms with Gasteiger partial charge in [-0.2, -0.15) is 0 Å². The minimum Gasteiger partial charge on any atom is -0.477 e. The molecule has 116 valence electrons. The first kappa shape index (κ1) is 14.0. The number of nitrogens with one attached hydrogen (secondary N) is 1. The summed E-state index contributed by atoms with van der Waals surface area (Å²) in [6.45, 7) is 0.824. The van der Waals surface area contributed by atoms with Crippen LogP contribution in [0.3, 0.4) is 0 Å². The molecular weight excluding hydrogens is 274 g/mol. The van der Waals surface area contributed by atoms with Crippen LogP contribution < -0.4 is 5.32 Å². The Hall–Kier alpha value is -1.61. The van der Waals surface area contributed by atoms with E-state index in [0.29, 0.717) is 18.1 Å². The highest BCUT2D eigenvalue weighted by atomic mass is 16.5. The molecule has 2 bridgehead atoms. The molecule has 3 aliphatic rings. The van der Waals surface area contributed by atoms with Gasteiger partial charge in [0.25, 0.3) is 0 Å². The number of allylic oxidation sites excluding steroid dienone is 2. The highest BCUT2D eigenvalue weighted by Crippen LogP contribution is 2.47. The predicted molar refractivity (Wildman–Crippen MR) is 84.9 cm³/mol. The van der Waals surface area contributed by atoms with Crippen LogP contribution in [0.2, 0.25) is 0 Å². The maximum Gasteiger partial charge on any atom is 0.162 e. The molecule has 0 radical (unpaired) electrons. The highest BCUT2D eigenvalue weighted by molar-refractivity contribution is 5.97. The van der Waals surface area contributed by atoms with Crippen LogP contribution in [0.25, 0.3) is 0 Å². The van der Waals surface area contributed by atoms with Gasteiger partial charge in [-0.15, -0.1) is 0 Å². The molecule has 1 aromatic carbocycles. The molecule has 0 spiro atoms. The standard InChI is InChI=1S/C19H23NO2/c21-16-9-4-10-17-18(16)15-8-5-11-19(12-15,22-17)20-13-14-6-2-1-3-7-14/h1-3,6-7,15,20H,4-5,8-13H2/t15-,19-/m0/s1. The Bertz CT molecular complexity index is 607. The molecule has 1 fully saturated rings. The van der Waals surface area contributed by atoms with Gasteiger partial charge in [0.15, 0.2) is 11.5 Å². The molecule has 2 aliphatic carbocycles. The largest absolute Gasteiger partial charge is 0.477 e. The maximum atomic E-state index is 12.3. The molecule has 22 heavy (non-hydrogen) atoms. The fourth-order valence-corrected chi connectivity index (χ4v) is 4.26. The smallest absolute Gasteiger partial charge is 0.162 e. The second kappa shape index (κ2) is 5.54. The SMILES string of the molecule is O=C1CCCC2=C1[C@H]1CCC[C@@](NCc3ccccc3)(C1)O2. The van der Waals surface area contributed by atoms with E-state index in [1.807, 2.05) is 6.07 Å². The van der Waals surface area contributed by atoms with Crippen molar-refractivity contribution >= 4 is 5.78 Å². The van der Waals surface area contributed by atoms with Crippen molar-refractivity contribution in [3.63, 3.8) is 0 Å². The Balaban J connectivity index is 1.56. The van der Waals surface area contributed by atoms with Crippen LogP contribution in [-0.2, 0) is 16.1 Å². The van der Waals surface area contributed by atoms with Crippen molar-refractivity contribution < 1.29 is 9.53 Å². The zero-order valence-corrected chi connectivity index (χ0v) is 12.9. The minimum atomic E-state index is -0.255. The molecule has 0 amide bonds. The average Bonchev–Trinajstić information content (AvgIpc) is 2.54. The van der Waals surface area contributed by atoms with E-state index in [4.69, 9.17) is 4.74 Å². The summed E-state index contributed by atoms with van der Waals surface area (Å²) in [5, 5.41) is 3.66. The van der Waals surface area contributed by atoms with Crippen molar-refractivity contribution in [2.75, 3.05) is 0 Å². The number of hydrogen-bond donors (Lipinski definition) is 1. The van der Waals surface area contributed by atoms with Crippen molar-refractivity contribution in [1.82, 2.24) is 5.32 Å². The number of rotatable bonds is 3. The first-order valence-corrected chi connectivity index (χ1v) is 8.50. The Kier molecular flexibility index (Phi) is 3.53. The van der Waals surface area contributed by atoms with Gasteiger partial charge < -0.3 is 4.74 Å². The lowest BCUT2D eigenvalue weighted by molar-refractivity contribution is -0.124. The Morgan fingerprint density at radius 3 is 2.91 bits per heavy atom. The molecule has 2 atom stereocenters. The summed E-state index contributed by atoms with van der Waals surface area (Å²) in [5.41, 5.74) is 2.06. The second-order valence-electron chi connectivity index (χ2n) is 6.84. The van der Waals surface area contributed by atoms with E-state index >= 15 is 0 Å². The summed E-state index contributed by atoms with van der Waals surface area (Å²) >= 11 is 0. The molecule has 0 saturated heterocycles. The first-order chi connectivity index (χ1) is 10.8. The number of ether oxygens (including phenoxy) is 1. The number of fused-ring (bicyclic) bond motifs is 3. The van der Waals surface area contributed by atoms with Gasteiger partial charge in [-0.05, 0) is 30.7 Å². The molecule has 4 rings (SSSR count). The molecule has 3 nitrogen and oxygen atoms in total. The van der Waals surface area contributed by atoms with Gasteiger partial charge in [-0.3, -0.25) is 10.1 Å². The van der Waals surface area contributed by atoms with Crippen LogP contribution in [0, 0.1) is 5.92 Å². The third kappa shape index (κ3) is 2.48. The number of Topliss-reactive ketones (excluding diaryl/α,β-unsaturated/α-hetero) is 1. The third-order valence-corrected chi connectivity index (χ3v) is 5.30. The summed E-state index contributed by atoms with van der Waals surface area (Å²) in [7, 11) is 0. The van der Waals surface area contributed by atoms with Gasteiger partial charge in [0.2, 0.25) is 0 Å². The van der Waals surface area contributed by atoms with E-state index in [2.05, 4.69) is 29.6 Å². The van der Waals surface area contributed by atoms with Crippen molar-refractivity contribution in [1.29, 1.82) is 0 Å². The molecule has 1 aromatic rings. The summed E-state index contributed by atoms with van der Waals surface area (Å²) in [4.78, 5) is 12.3. The number of benzene rings is 1. The van der Waals surface area contributed by atoms with Gasteiger partial charge in [0.1, 0.15) is 5.76 Å². The Labute approximate surface area is 131 Å². The molecule has 1 heterocycles. The zero-order valence-electron chi connectivity index (χ0n) is 12.9. The second-order valence-corrected chi connectivity index (χ2v) is 6.84. The quantitative estimate of drug-likeness (QED) is 0.924. The van der Waals surface area contributed by atoms with Gasteiger partial charge in [-0.1, -0.05) is 30.3 Å². The normalized spacial score (nSPS) is 30.7. The van der Waals surface area contributed by atoms with E-state index in [-0.39, 0.29) is 5.72 Å². The van der Waals surface area contributed by atoms with E-state index in [1.165, 1.54) is 5.56 Å². The van der Waals surface area contributed by atoms with Crippen LogP contribution in [0.5, 0.6) is 0 Å². The number of carbonyl (C=O) groups is 1. The fourth-order valence-electron chi connectivity index (χ4n) is 4.26. The predicted octanol–water partition coefficient (Wildman–Crippen LogP) is 3.70. The highest BCUT2D eigenvalue weighted by Gasteiger charge is 2.46. The lowest BCUT2D eigenvalue weighted by Crippen LogP contribution is -2.54. The van der Waals surface area contributed by atoms with Crippen LogP contribution in [0.1, 0.15) is 50.5 Å². The van der Waals surface area contributed by atoms with E-state index in [9.17, 15) is 4.79 Å². The zero-order chi connectivity index (χ0) is 15.0. The first-order valence-electron chi connectivity index (χ1n) is 8.50. The molecule has 3 heteroatoms. The number of hydrogen-bond acceptors (Lipinski definition) is 3. The van der Waals surface area contributed by atoms with Crippen molar-refractivity contribution in [2.24, 2.45) is 5.92 Å². The fraction of sp³-hybridized carbons (Fsp3) is 0.526. The number of carbonyl (C=O) groups excluding carboxylic acids is 1. The summed E-state index contributed by atoms with van der Waals surface area (Å²) in [6, 6.07) is 10.5. The maximum absolute atomic E-state index is 12.3. The van der Waals surface area contributed by atoms with Gasteiger partial charge >= 0.3 is 0 Å².